The third-order valence-electron chi connectivity index (χ3n) is 4.46. The number of hydrogen-bond acceptors (Lipinski definition) is 4. The second kappa shape index (κ2) is 8.90. The maximum absolute atomic E-state index is 5.37. The average molecular weight is 269 g/mol. The first-order chi connectivity index (χ1) is 9.38. The van der Waals surface area contributed by atoms with Crippen molar-refractivity contribution >= 4 is 0 Å². The normalized spacial score (nSPS) is 27.3. The van der Waals surface area contributed by atoms with Crippen molar-refractivity contribution in [3.05, 3.63) is 0 Å². The van der Waals surface area contributed by atoms with Crippen LogP contribution in [0.3, 0.4) is 0 Å². The SMILES string of the molecule is CCN1CCCC(NCCCN2CCOCC2)CC1. The van der Waals surface area contributed by atoms with Gasteiger partial charge in [0.05, 0.1) is 13.2 Å². The minimum atomic E-state index is 0.751. The van der Waals surface area contributed by atoms with Gasteiger partial charge in [-0.05, 0) is 58.4 Å². The minimum Gasteiger partial charge on any atom is -0.379 e. The van der Waals surface area contributed by atoms with Crippen LogP contribution in [-0.4, -0.2) is 74.9 Å². The van der Waals surface area contributed by atoms with Gasteiger partial charge in [0.25, 0.3) is 0 Å². The van der Waals surface area contributed by atoms with E-state index in [2.05, 4.69) is 22.0 Å². The Bertz CT molecular complexity index is 231. The van der Waals surface area contributed by atoms with Crippen LogP contribution >= 0.6 is 0 Å². The van der Waals surface area contributed by atoms with Gasteiger partial charge in [-0.15, -0.1) is 0 Å². The fourth-order valence-electron chi connectivity index (χ4n) is 3.11. The molecule has 4 heteroatoms. The smallest absolute Gasteiger partial charge is 0.0594 e. The van der Waals surface area contributed by atoms with Crippen LogP contribution < -0.4 is 5.32 Å². The summed E-state index contributed by atoms with van der Waals surface area (Å²) >= 11 is 0. The molecule has 2 aliphatic rings. The summed E-state index contributed by atoms with van der Waals surface area (Å²) in [6, 6.07) is 0.751. The van der Waals surface area contributed by atoms with Gasteiger partial charge in [0.15, 0.2) is 0 Å². The van der Waals surface area contributed by atoms with Crippen LogP contribution in [0.4, 0.5) is 0 Å². The highest BCUT2D eigenvalue weighted by molar-refractivity contribution is 4.74. The van der Waals surface area contributed by atoms with Gasteiger partial charge < -0.3 is 15.0 Å². The van der Waals surface area contributed by atoms with Crippen molar-refractivity contribution in [2.45, 2.75) is 38.6 Å². The molecular weight excluding hydrogens is 238 g/mol. The lowest BCUT2D eigenvalue weighted by Gasteiger charge is -2.26. The first-order valence-corrected chi connectivity index (χ1v) is 8.14. The lowest BCUT2D eigenvalue weighted by atomic mass is 10.1. The predicted octanol–water partition coefficient (Wildman–Crippen LogP) is 1.17. The zero-order valence-electron chi connectivity index (χ0n) is 12.6. The van der Waals surface area contributed by atoms with Crippen LogP contribution in [0.5, 0.6) is 0 Å². The molecule has 0 saturated carbocycles. The molecule has 2 rings (SSSR count). The highest BCUT2D eigenvalue weighted by Crippen LogP contribution is 2.10. The molecule has 2 aliphatic heterocycles. The van der Waals surface area contributed by atoms with Crippen molar-refractivity contribution in [3.63, 3.8) is 0 Å². The second-order valence-electron chi connectivity index (χ2n) is 5.82. The van der Waals surface area contributed by atoms with Gasteiger partial charge in [-0.1, -0.05) is 6.92 Å². The Morgan fingerprint density at radius 3 is 2.68 bits per heavy atom. The Morgan fingerprint density at radius 2 is 1.89 bits per heavy atom. The van der Waals surface area contributed by atoms with Gasteiger partial charge in [-0.2, -0.15) is 0 Å². The highest BCUT2D eigenvalue weighted by Gasteiger charge is 2.15. The first kappa shape index (κ1) is 15.2. The molecule has 0 aromatic rings. The van der Waals surface area contributed by atoms with Crippen LogP contribution in [-0.2, 0) is 4.74 Å². The van der Waals surface area contributed by atoms with E-state index in [4.69, 9.17) is 4.74 Å². The molecule has 2 fully saturated rings. The molecule has 19 heavy (non-hydrogen) atoms. The Morgan fingerprint density at radius 1 is 1.05 bits per heavy atom. The van der Waals surface area contributed by atoms with Crippen LogP contribution in [0.2, 0.25) is 0 Å². The van der Waals surface area contributed by atoms with Gasteiger partial charge in [0.2, 0.25) is 0 Å². The Labute approximate surface area is 118 Å². The molecule has 0 amide bonds. The van der Waals surface area contributed by atoms with E-state index in [9.17, 15) is 0 Å². The Kier molecular flexibility index (Phi) is 7.14. The average Bonchev–Trinajstić information content (AvgIpc) is 2.70. The molecule has 0 radical (unpaired) electrons. The molecule has 1 atom stereocenters. The number of nitrogens with one attached hydrogen (secondary N) is 1. The lowest BCUT2D eigenvalue weighted by molar-refractivity contribution is 0.0373. The standard InChI is InChI=1S/C15H31N3O/c1-2-17-8-3-5-15(6-10-17)16-7-4-9-18-11-13-19-14-12-18/h15-16H,2-14H2,1H3. The molecule has 0 spiro atoms. The van der Waals surface area contributed by atoms with Crippen LogP contribution in [0.15, 0.2) is 0 Å². The molecule has 112 valence electrons. The molecule has 0 aromatic carbocycles. The molecule has 0 bridgehead atoms. The van der Waals surface area contributed by atoms with Crippen molar-refractivity contribution in [2.24, 2.45) is 0 Å². The topological polar surface area (TPSA) is 27.7 Å². The zero-order valence-corrected chi connectivity index (χ0v) is 12.6. The quantitative estimate of drug-likeness (QED) is 0.733. The van der Waals surface area contributed by atoms with Gasteiger partial charge in [0, 0.05) is 19.1 Å². The van der Waals surface area contributed by atoms with Gasteiger partial charge in [0.1, 0.15) is 0 Å². The zero-order chi connectivity index (χ0) is 13.3. The predicted molar refractivity (Wildman–Crippen MR) is 79.6 cm³/mol. The number of hydrogen-bond donors (Lipinski definition) is 1. The summed E-state index contributed by atoms with van der Waals surface area (Å²) in [6.07, 6.45) is 5.31. The fourth-order valence-corrected chi connectivity index (χ4v) is 3.11. The lowest BCUT2D eigenvalue weighted by Crippen LogP contribution is -2.38. The van der Waals surface area contributed by atoms with Gasteiger partial charge in [-0.25, -0.2) is 0 Å². The third-order valence-corrected chi connectivity index (χ3v) is 4.46. The summed E-state index contributed by atoms with van der Waals surface area (Å²) in [5.74, 6) is 0. The number of nitrogens with zero attached hydrogens (tertiary/aromatic N) is 2. The molecule has 4 nitrogen and oxygen atoms in total. The number of ether oxygens (including phenoxy) is 1. The maximum atomic E-state index is 5.37. The Balaban J connectivity index is 1.52. The largest absolute Gasteiger partial charge is 0.379 e. The van der Waals surface area contributed by atoms with Crippen LogP contribution in [0, 0.1) is 0 Å². The van der Waals surface area contributed by atoms with E-state index in [1.54, 1.807) is 0 Å². The second-order valence-corrected chi connectivity index (χ2v) is 5.82. The van der Waals surface area contributed by atoms with E-state index in [-0.39, 0.29) is 0 Å². The maximum Gasteiger partial charge on any atom is 0.0594 e. The van der Waals surface area contributed by atoms with Crippen LogP contribution in [0.1, 0.15) is 32.6 Å². The first-order valence-electron chi connectivity index (χ1n) is 8.14. The molecule has 1 unspecified atom stereocenters. The summed E-state index contributed by atoms with van der Waals surface area (Å²) in [5.41, 5.74) is 0. The Hall–Kier alpha value is -0.160. The van der Waals surface area contributed by atoms with E-state index in [1.807, 2.05) is 0 Å². The summed E-state index contributed by atoms with van der Waals surface area (Å²) in [7, 11) is 0. The molecular formula is C15H31N3O. The summed E-state index contributed by atoms with van der Waals surface area (Å²) < 4.78 is 5.37. The number of morpholine rings is 1. The van der Waals surface area contributed by atoms with Crippen molar-refractivity contribution in [1.29, 1.82) is 0 Å². The fraction of sp³-hybridized carbons (Fsp3) is 1.00. The summed E-state index contributed by atoms with van der Waals surface area (Å²) in [4.78, 5) is 5.10. The van der Waals surface area contributed by atoms with E-state index < -0.39 is 0 Å². The monoisotopic (exact) mass is 269 g/mol. The summed E-state index contributed by atoms with van der Waals surface area (Å²) in [5, 5.41) is 3.76. The van der Waals surface area contributed by atoms with E-state index in [1.165, 1.54) is 58.4 Å². The van der Waals surface area contributed by atoms with E-state index in [0.717, 1.165) is 32.3 Å². The number of likely N-dealkylation sites (tertiary alicyclic amines) is 1. The van der Waals surface area contributed by atoms with Crippen molar-refractivity contribution in [1.82, 2.24) is 15.1 Å². The van der Waals surface area contributed by atoms with Crippen molar-refractivity contribution in [3.8, 4) is 0 Å². The number of rotatable bonds is 6. The summed E-state index contributed by atoms with van der Waals surface area (Å²) in [6.45, 7) is 12.5. The van der Waals surface area contributed by atoms with Crippen molar-refractivity contribution < 1.29 is 4.74 Å². The van der Waals surface area contributed by atoms with Gasteiger partial charge >= 0.3 is 0 Å². The molecule has 2 saturated heterocycles. The molecule has 2 heterocycles. The third kappa shape index (κ3) is 5.78. The van der Waals surface area contributed by atoms with E-state index >= 15 is 0 Å². The molecule has 0 aliphatic carbocycles. The van der Waals surface area contributed by atoms with Crippen LogP contribution in [0.25, 0.3) is 0 Å². The molecule has 0 aromatic heterocycles. The van der Waals surface area contributed by atoms with Crippen molar-refractivity contribution in [2.75, 3.05) is 59.0 Å². The molecule has 1 N–H and O–H groups in total. The minimum absolute atomic E-state index is 0.751. The highest BCUT2D eigenvalue weighted by atomic mass is 16.5. The van der Waals surface area contributed by atoms with Gasteiger partial charge in [-0.3, -0.25) is 4.90 Å². The van der Waals surface area contributed by atoms with E-state index in [0.29, 0.717) is 0 Å².